The summed E-state index contributed by atoms with van der Waals surface area (Å²) in [5.74, 6) is -0.593. The molecule has 6 rings (SSSR count). The van der Waals surface area contributed by atoms with Gasteiger partial charge in [-0.2, -0.15) is 0 Å². The molecule has 11 heteroatoms. The molecule has 3 aliphatic heterocycles. The van der Waals surface area contributed by atoms with Crippen LogP contribution >= 0.6 is 0 Å². The third-order valence-corrected chi connectivity index (χ3v) is 10.6. The van der Waals surface area contributed by atoms with Crippen LogP contribution in [-0.4, -0.2) is 71.6 Å². The van der Waals surface area contributed by atoms with E-state index >= 15 is 8.78 Å². The average Bonchev–Trinajstić information content (AvgIpc) is 3.08. The number of nitrogens with zero attached hydrogens (tertiary/aromatic N) is 3. The van der Waals surface area contributed by atoms with Crippen molar-refractivity contribution in [3.8, 4) is 16.9 Å². The first kappa shape index (κ1) is 33.8. The summed E-state index contributed by atoms with van der Waals surface area (Å²) in [4.78, 5) is 40.6. The average molecular weight is 662 g/mol. The van der Waals surface area contributed by atoms with Gasteiger partial charge in [-0.1, -0.05) is 6.07 Å². The van der Waals surface area contributed by atoms with Crippen molar-refractivity contribution in [3.63, 3.8) is 0 Å². The summed E-state index contributed by atoms with van der Waals surface area (Å²) in [6.45, 7) is 7.65. The van der Waals surface area contributed by atoms with Crippen molar-refractivity contribution in [3.05, 3.63) is 80.8 Å². The number of carbonyl (C=O) groups is 2. The van der Waals surface area contributed by atoms with Crippen molar-refractivity contribution in [2.45, 2.75) is 76.9 Å². The first-order valence-electron chi connectivity index (χ1n) is 16.9. The van der Waals surface area contributed by atoms with E-state index in [4.69, 9.17) is 4.74 Å². The Bertz CT molecular complexity index is 1760. The fourth-order valence-corrected chi connectivity index (χ4v) is 7.59. The topological polar surface area (TPSA) is 95.9 Å². The van der Waals surface area contributed by atoms with Gasteiger partial charge in [-0.25, -0.2) is 8.78 Å². The molecule has 1 atom stereocenters. The van der Waals surface area contributed by atoms with Crippen molar-refractivity contribution in [2.75, 3.05) is 38.6 Å². The second-order valence-corrected chi connectivity index (χ2v) is 13.5. The van der Waals surface area contributed by atoms with Crippen LogP contribution in [0, 0.1) is 25.5 Å². The molecule has 2 N–H and O–H groups in total. The molecular formula is C37H45F2N5O4. The number of aryl methyl sites for hydroxylation is 1. The molecule has 256 valence electrons. The van der Waals surface area contributed by atoms with E-state index in [1.54, 1.807) is 33.3 Å². The lowest BCUT2D eigenvalue weighted by Gasteiger charge is -2.42. The number of hydrogen-bond donors (Lipinski definition) is 2. The third kappa shape index (κ3) is 7.03. The number of nitrogens with one attached hydrogen (secondary N) is 2. The number of rotatable bonds is 8. The minimum absolute atomic E-state index is 0.0603. The molecule has 0 radical (unpaired) electrons. The molecule has 2 aromatic carbocycles. The first-order valence-corrected chi connectivity index (χ1v) is 16.9. The fourth-order valence-electron chi connectivity index (χ4n) is 7.59. The highest BCUT2D eigenvalue weighted by Gasteiger charge is 2.31. The molecule has 0 aliphatic carbocycles. The second kappa shape index (κ2) is 14.2. The Morgan fingerprint density at radius 2 is 1.65 bits per heavy atom. The molecule has 3 fully saturated rings. The van der Waals surface area contributed by atoms with E-state index in [1.807, 2.05) is 25.1 Å². The summed E-state index contributed by atoms with van der Waals surface area (Å²) in [6, 6.07) is 8.42. The van der Waals surface area contributed by atoms with Gasteiger partial charge in [-0.05, 0) is 119 Å². The number of anilines is 1. The van der Waals surface area contributed by atoms with Gasteiger partial charge in [0.1, 0.15) is 23.4 Å². The number of halogens is 2. The molecule has 4 heterocycles. The number of pyridine rings is 1. The smallest absolute Gasteiger partial charge is 0.253 e. The fraction of sp³-hybridized carbons (Fsp3) is 0.486. The zero-order chi connectivity index (χ0) is 34.1. The number of benzene rings is 2. The van der Waals surface area contributed by atoms with Crippen molar-refractivity contribution in [1.29, 1.82) is 0 Å². The van der Waals surface area contributed by atoms with Crippen LogP contribution in [0.2, 0.25) is 0 Å². The summed E-state index contributed by atoms with van der Waals surface area (Å²) in [7, 11) is 3.27. The number of carbonyl (C=O) groups excluding carboxylic acids is 2. The van der Waals surface area contributed by atoms with Gasteiger partial charge in [-0.3, -0.25) is 24.6 Å². The van der Waals surface area contributed by atoms with Crippen molar-refractivity contribution in [2.24, 2.45) is 7.05 Å². The van der Waals surface area contributed by atoms with Crippen molar-refractivity contribution >= 4 is 17.5 Å². The molecule has 2 amide bonds. The van der Waals surface area contributed by atoms with Crippen LogP contribution in [-0.2, 0) is 23.2 Å². The van der Waals surface area contributed by atoms with Crippen molar-refractivity contribution in [1.82, 2.24) is 19.7 Å². The van der Waals surface area contributed by atoms with Crippen LogP contribution in [0.5, 0.6) is 5.75 Å². The maximum Gasteiger partial charge on any atom is 0.253 e. The van der Waals surface area contributed by atoms with E-state index in [0.717, 1.165) is 63.0 Å². The SMILES string of the molecule is COc1cc(-c2cn(C)c(=O)c(C)c2C)cc(F)c1CN1CCC(N2CCC(c3ccc(NC4CCC(=O)NC4=O)cc3F)CC2)CC1. The zero-order valence-corrected chi connectivity index (χ0v) is 28.2. The van der Waals surface area contributed by atoms with Crippen LogP contribution in [0.15, 0.2) is 41.3 Å². The Labute approximate surface area is 280 Å². The Morgan fingerprint density at radius 3 is 2.31 bits per heavy atom. The van der Waals surface area contributed by atoms with Crippen LogP contribution < -0.4 is 20.9 Å². The molecular weight excluding hydrogens is 616 g/mol. The van der Waals surface area contributed by atoms with E-state index in [1.165, 1.54) is 10.6 Å². The van der Waals surface area contributed by atoms with Gasteiger partial charge < -0.3 is 19.5 Å². The summed E-state index contributed by atoms with van der Waals surface area (Å²) in [5.41, 5.74) is 4.71. The highest BCUT2D eigenvalue weighted by atomic mass is 19.1. The number of ether oxygens (including phenoxy) is 1. The van der Waals surface area contributed by atoms with Crippen LogP contribution in [0.25, 0.3) is 11.1 Å². The highest BCUT2D eigenvalue weighted by Crippen LogP contribution is 2.35. The van der Waals surface area contributed by atoms with E-state index in [2.05, 4.69) is 20.4 Å². The molecule has 1 unspecified atom stereocenters. The monoisotopic (exact) mass is 661 g/mol. The molecule has 48 heavy (non-hydrogen) atoms. The van der Waals surface area contributed by atoms with E-state index in [0.29, 0.717) is 52.7 Å². The largest absolute Gasteiger partial charge is 0.496 e. The lowest BCUT2D eigenvalue weighted by atomic mass is 9.87. The minimum Gasteiger partial charge on any atom is -0.496 e. The second-order valence-electron chi connectivity index (χ2n) is 13.5. The number of piperidine rings is 3. The minimum atomic E-state index is -0.545. The molecule has 0 saturated carbocycles. The molecule has 1 aromatic heterocycles. The Morgan fingerprint density at radius 1 is 0.917 bits per heavy atom. The summed E-state index contributed by atoms with van der Waals surface area (Å²) >= 11 is 0. The molecule has 0 bridgehead atoms. The number of aromatic nitrogens is 1. The van der Waals surface area contributed by atoms with Crippen LogP contribution in [0.3, 0.4) is 0 Å². The van der Waals surface area contributed by atoms with Gasteiger partial charge in [0.2, 0.25) is 11.8 Å². The number of imide groups is 1. The maximum absolute atomic E-state index is 15.6. The van der Waals surface area contributed by atoms with E-state index < -0.39 is 6.04 Å². The Hall–Kier alpha value is -4.09. The number of amides is 2. The van der Waals surface area contributed by atoms with Gasteiger partial charge in [0.15, 0.2) is 0 Å². The quantitative estimate of drug-likeness (QED) is 0.328. The van der Waals surface area contributed by atoms with Gasteiger partial charge in [0, 0.05) is 54.6 Å². The molecule has 3 aliphatic rings. The van der Waals surface area contributed by atoms with E-state index in [9.17, 15) is 14.4 Å². The maximum atomic E-state index is 15.6. The van der Waals surface area contributed by atoms with Crippen LogP contribution in [0.4, 0.5) is 14.5 Å². The summed E-state index contributed by atoms with van der Waals surface area (Å²) in [6.07, 6.45) is 6.13. The van der Waals surface area contributed by atoms with Gasteiger partial charge in [0.25, 0.3) is 5.56 Å². The Kier molecular flexibility index (Phi) is 9.98. The summed E-state index contributed by atoms with van der Waals surface area (Å²) in [5, 5.41) is 5.38. The number of methoxy groups -OCH3 is 1. The van der Waals surface area contributed by atoms with Gasteiger partial charge in [-0.15, -0.1) is 0 Å². The van der Waals surface area contributed by atoms with Gasteiger partial charge in [0.05, 0.1) is 7.11 Å². The number of hydrogen-bond acceptors (Lipinski definition) is 7. The lowest BCUT2D eigenvalue weighted by molar-refractivity contribution is -0.133. The highest BCUT2D eigenvalue weighted by molar-refractivity contribution is 6.01. The predicted octanol–water partition coefficient (Wildman–Crippen LogP) is 5.02. The lowest BCUT2D eigenvalue weighted by Crippen LogP contribution is -2.47. The van der Waals surface area contributed by atoms with Crippen LogP contribution in [0.1, 0.15) is 66.7 Å². The zero-order valence-electron chi connectivity index (χ0n) is 28.2. The predicted molar refractivity (Wildman–Crippen MR) is 181 cm³/mol. The van der Waals surface area contributed by atoms with E-state index in [-0.39, 0.29) is 41.3 Å². The first-order chi connectivity index (χ1) is 23.0. The molecule has 0 spiro atoms. The molecule has 9 nitrogen and oxygen atoms in total. The standard InChI is InChI=1S/C37H45F2N5O4/c1-22-23(2)37(47)42(3)20-29(22)25-17-31(38)30(34(18-25)48-4)21-43-13-11-27(12-14-43)44-15-9-24(10-16-44)28-6-5-26(19-32(28)39)40-33-7-8-35(45)41-36(33)46/h5-6,17-20,24,27,33,40H,7-16,21H2,1-4H3,(H,41,45,46). The normalized spacial score (nSPS) is 20.2. The van der Waals surface area contributed by atoms with Gasteiger partial charge >= 0.3 is 0 Å². The summed E-state index contributed by atoms with van der Waals surface area (Å²) < 4.78 is 38.1. The van der Waals surface area contributed by atoms with Crippen molar-refractivity contribution < 1.29 is 23.1 Å². The third-order valence-electron chi connectivity index (χ3n) is 10.6. The molecule has 3 saturated heterocycles. The molecule has 3 aromatic rings. The Balaban J connectivity index is 1.02. The number of likely N-dealkylation sites (tertiary alicyclic amines) is 2.